The van der Waals surface area contributed by atoms with E-state index in [0.29, 0.717) is 46.2 Å². The van der Waals surface area contributed by atoms with Gasteiger partial charge in [0.2, 0.25) is 5.75 Å². The molecule has 1 aliphatic rings. The molecule has 0 heterocycles. The molecule has 0 aliphatic heterocycles. The second-order valence-corrected chi connectivity index (χ2v) is 12.4. The fourth-order valence-electron chi connectivity index (χ4n) is 6.29. The van der Waals surface area contributed by atoms with Crippen LogP contribution < -0.4 is 4.74 Å². The van der Waals surface area contributed by atoms with E-state index < -0.39 is 23.4 Å². The maximum Gasteiger partial charge on any atom is 0.343 e. The van der Waals surface area contributed by atoms with Crippen LogP contribution in [0.25, 0.3) is 11.1 Å². The Bertz CT molecular complexity index is 1890. The number of benzene rings is 4. The van der Waals surface area contributed by atoms with E-state index in [0.717, 1.165) is 66.3 Å². The van der Waals surface area contributed by atoms with Crippen molar-refractivity contribution in [1.82, 2.24) is 0 Å². The summed E-state index contributed by atoms with van der Waals surface area (Å²) in [6, 6.07) is 17.7. The van der Waals surface area contributed by atoms with Crippen molar-refractivity contribution in [2.24, 2.45) is 10.9 Å². The fraction of sp³-hybridized carbons (Fsp3) is 0.300. The molecular weight excluding hydrogens is 632 g/mol. The molecule has 47 heavy (non-hydrogen) atoms. The first kappa shape index (κ1) is 34.2. The van der Waals surface area contributed by atoms with Gasteiger partial charge in [-0.3, -0.25) is 0 Å². The van der Waals surface area contributed by atoms with Gasteiger partial charge in [-0.05, 0) is 138 Å². The number of thiocarbonyl (C=S) groups is 1. The van der Waals surface area contributed by atoms with Crippen molar-refractivity contribution < 1.29 is 18.3 Å². The van der Waals surface area contributed by atoms with Gasteiger partial charge < -0.3 is 4.74 Å². The molecule has 240 valence electrons. The molecule has 0 radical (unpaired) electrons. The topological polar surface area (TPSA) is 38.7 Å². The molecule has 0 fully saturated rings. The predicted octanol–water partition coefficient (Wildman–Crippen LogP) is 11.1. The largest absolute Gasteiger partial charge is 0.417 e. The van der Waals surface area contributed by atoms with Gasteiger partial charge in [0.25, 0.3) is 0 Å². The summed E-state index contributed by atoms with van der Waals surface area (Å²) in [5.74, 6) is 3.77. The number of nitrogens with zero attached hydrogens (tertiary/aromatic N) is 1. The third-order valence-electron chi connectivity index (χ3n) is 8.78. The molecule has 0 amide bonds. The van der Waals surface area contributed by atoms with Crippen molar-refractivity contribution in [1.29, 1.82) is 0 Å². The molecular formula is C40H36ClF2NO2S. The van der Waals surface area contributed by atoms with Crippen LogP contribution in [0.1, 0.15) is 90.2 Å². The minimum atomic E-state index is -0.850. The Hall–Kier alpha value is -4.14. The van der Waals surface area contributed by atoms with Gasteiger partial charge in [-0.25, -0.2) is 13.6 Å². The van der Waals surface area contributed by atoms with Crippen LogP contribution in [-0.4, -0.2) is 11.1 Å². The summed E-state index contributed by atoms with van der Waals surface area (Å²) in [6.07, 6.45) is 6.88. The van der Waals surface area contributed by atoms with Crippen LogP contribution in [0.15, 0.2) is 65.7 Å². The molecule has 0 saturated heterocycles. The molecule has 0 spiro atoms. The van der Waals surface area contributed by atoms with Gasteiger partial charge in [-0.1, -0.05) is 69.5 Å². The zero-order chi connectivity index (χ0) is 33.5. The van der Waals surface area contributed by atoms with Crippen molar-refractivity contribution >= 4 is 40.6 Å². The highest BCUT2D eigenvalue weighted by molar-refractivity contribution is 7.78. The number of hydrogen-bond acceptors (Lipinski definition) is 4. The molecule has 4 aromatic carbocycles. The molecule has 1 atom stereocenters. The number of aryl methyl sites for hydroxylation is 2. The summed E-state index contributed by atoms with van der Waals surface area (Å²) < 4.78 is 35.6. The van der Waals surface area contributed by atoms with Crippen molar-refractivity contribution in [2.75, 3.05) is 0 Å². The second kappa shape index (κ2) is 15.6. The van der Waals surface area contributed by atoms with E-state index in [4.69, 9.17) is 28.6 Å². The zero-order valence-electron chi connectivity index (χ0n) is 26.8. The summed E-state index contributed by atoms with van der Waals surface area (Å²) in [6.45, 7) is 6.35. The predicted molar refractivity (Wildman–Crippen MR) is 189 cm³/mol. The van der Waals surface area contributed by atoms with Crippen LogP contribution >= 0.6 is 23.8 Å². The molecule has 1 unspecified atom stereocenters. The highest BCUT2D eigenvalue weighted by atomic mass is 35.5. The summed E-state index contributed by atoms with van der Waals surface area (Å²) in [5, 5.41) is 2.87. The molecule has 7 heteroatoms. The van der Waals surface area contributed by atoms with Crippen LogP contribution in [0.3, 0.4) is 0 Å². The Kier molecular flexibility index (Phi) is 11.4. The zero-order valence-corrected chi connectivity index (χ0v) is 28.4. The first-order chi connectivity index (χ1) is 22.8. The number of carbonyl (C=O) groups excluding carboxylic acids is 1. The number of carbonyl (C=O) groups is 1. The molecule has 4 aromatic rings. The van der Waals surface area contributed by atoms with Gasteiger partial charge >= 0.3 is 5.97 Å². The van der Waals surface area contributed by atoms with Gasteiger partial charge in [-0.15, -0.1) is 0 Å². The van der Waals surface area contributed by atoms with Crippen molar-refractivity contribution in [3.63, 3.8) is 0 Å². The van der Waals surface area contributed by atoms with Gasteiger partial charge in [0.1, 0.15) is 0 Å². The number of esters is 1. The molecule has 1 aliphatic carbocycles. The lowest BCUT2D eigenvalue weighted by molar-refractivity contribution is 0.0719. The highest BCUT2D eigenvalue weighted by Crippen LogP contribution is 2.37. The monoisotopic (exact) mass is 667 g/mol. The lowest BCUT2D eigenvalue weighted by Crippen LogP contribution is -2.18. The highest BCUT2D eigenvalue weighted by Gasteiger charge is 2.27. The molecule has 0 aromatic heterocycles. The van der Waals surface area contributed by atoms with Crippen molar-refractivity contribution in [3.05, 3.63) is 116 Å². The molecule has 0 saturated carbocycles. The number of hydrogen-bond donors (Lipinski definition) is 0. The van der Waals surface area contributed by atoms with Crippen LogP contribution in [0.5, 0.6) is 5.75 Å². The maximum atomic E-state index is 15.3. The minimum Gasteiger partial charge on any atom is -0.417 e. The van der Waals surface area contributed by atoms with E-state index in [1.54, 1.807) is 24.3 Å². The van der Waals surface area contributed by atoms with Crippen LogP contribution in [-0.2, 0) is 25.7 Å². The van der Waals surface area contributed by atoms with E-state index in [2.05, 4.69) is 54.9 Å². The Labute approximate surface area is 286 Å². The smallest absolute Gasteiger partial charge is 0.343 e. The number of isothiocyanates is 1. The summed E-state index contributed by atoms with van der Waals surface area (Å²) >= 11 is 11.2. The lowest BCUT2D eigenvalue weighted by atomic mass is 9.81. The van der Waals surface area contributed by atoms with Crippen molar-refractivity contribution in [2.45, 2.75) is 72.1 Å². The molecule has 0 N–H and O–H groups in total. The van der Waals surface area contributed by atoms with E-state index >= 15 is 4.39 Å². The number of rotatable bonds is 9. The van der Waals surface area contributed by atoms with E-state index in [1.165, 1.54) is 6.07 Å². The Balaban J connectivity index is 1.32. The van der Waals surface area contributed by atoms with Crippen molar-refractivity contribution in [3.8, 4) is 28.7 Å². The molecule has 3 nitrogen and oxygen atoms in total. The number of unbranched alkanes of at least 4 members (excludes halogenated alkanes) is 1. The average Bonchev–Trinajstić information content (AvgIpc) is 3.08. The van der Waals surface area contributed by atoms with Crippen LogP contribution in [0.2, 0.25) is 5.02 Å². The minimum absolute atomic E-state index is 0.179. The summed E-state index contributed by atoms with van der Waals surface area (Å²) in [4.78, 5) is 16.9. The normalized spacial score (nSPS) is 13.6. The third-order valence-corrected chi connectivity index (χ3v) is 9.17. The molecule has 0 bridgehead atoms. The van der Waals surface area contributed by atoms with E-state index in [1.807, 2.05) is 18.2 Å². The van der Waals surface area contributed by atoms with Crippen LogP contribution in [0.4, 0.5) is 14.5 Å². The number of fused-ring (bicyclic) bond motifs is 1. The van der Waals surface area contributed by atoms with Gasteiger partial charge in [0.15, 0.2) is 11.6 Å². The average molecular weight is 668 g/mol. The molecule has 5 rings (SSSR count). The Morgan fingerprint density at radius 2 is 1.68 bits per heavy atom. The van der Waals surface area contributed by atoms with Crippen LogP contribution in [0, 0.1) is 29.4 Å². The SMILES string of the molecule is CCCCC1CCc2c(cc(F)c(OC(=O)c3ccc(C#Cc4cc(CC)c(-c5ccc(N=C=S)c(Cl)c5)c(CC)c4)cc3)c2F)C1. The van der Waals surface area contributed by atoms with Gasteiger partial charge in [-0.2, -0.15) is 4.99 Å². The first-order valence-corrected chi connectivity index (χ1v) is 16.9. The first-order valence-electron chi connectivity index (χ1n) is 16.1. The summed E-state index contributed by atoms with van der Waals surface area (Å²) in [7, 11) is 0. The van der Waals surface area contributed by atoms with Gasteiger partial charge in [0, 0.05) is 11.1 Å². The number of halogens is 3. The van der Waals surface area contributed by atoms with Gasteiger partial charge in [0.05, 0.1) is 21.4 Å². The fourth-order valence-corrected chi connectivity index (χ4v) is 6.61. The van der Waals surface area contributed by atoms with E-state index in [9.17, 15) is 9.18 Å². The third kappa shape index (κ3) is 7.88. The number of aliphatic imine (C=N–C) groups is 1. The number of ether oxygens (including phenoxy) is 1. The lowest BCUT2D eigenvalue weighted by Gasteiger charge is -2.25. The standard InChI is InChI=1S/C40H36ClF2NO2S/c1-4-7-8-26-13-17-33-32(19-26)23-35(42)39(38(33)43)46-40(45)30-14-11-25(12-15-30)9-10-27-20-28(5-2)37(29(6-3)21-27)31-16-18-36(44-24-47)34(41)22-31/h11-12,14-16,18,20-23,26H,4-8,13,17,19H2,1-3H3. The Morgan fingerprint density at radius 3 is 2.32 bits per heavy atom. The summed E-state index contributed by atoms with van der Waals surface area (Å²) in [5.41, 5.74) is 7.87. The Morgan fingerprint density at radius 1 is 0.979 bits per heavy atom. The van der Waals surface area contributed by atoms with E-state index in [-0.39, 0.29) is 5.56 Å². The maximum absolute atomic E-state index is 15.3. The second-order valence-electron chi connectivity index (χ2n) is 11.9. The quantitative estimate of drug-likeness (QED) is 0.0586.